The molecule has 0 aliphatic carbocycles. The number of benzene rings is 1. The Balaban J connectivity index is 2.50. The number of aryl methyl sites for hydroxylation is 1. The van der Waals surface area contributed by atoms with Crippen molar-refractivity contribution in [3.63, 3.8) is 0 Å². The fourth-order valence-electron chi connectivity index (χ4n) is 2.44. The van der Waals surface area contributed by atoms with Gasteiger partial charge in [0, 0.05) is 12.1 Å². The lowest BCUT2D eigenvalue weighted by atomic mass is 9.99. The standard InChI is InChI=1S/C17H26N2OS/c1-6-8-9-20-13-10-12(5)15-16(14(13)11(3)4)21-17(19-15)18-7-2/h10-11H,6-9H2,1-5H3,(H,18,19). The molecule has 0 unspecified atom stereocenters. The molecule has 0 fully saturated rings. The number of fused-ring (bicyclic) bond motifs is 1. The van der Waals surface area contributed by atoms with Gasteiger partial charge in [0.25, 0.3) is 0 Å². The van der Waals surface area contributed by atoms with Gasteiger partial charge in [0.2, 0.25) is 0 Å². The van der Waals surface area contributed by atoms with Crippen LogP contribution in [0.4, 0.5) is 5.13 Å². The normalized spacial score (nSPS) is 11.3. The fraction of sp³-hybridized carbons (Fsp3) is 0.588. The second kappa shape index (κ2) is 7.12. The minimum Gasteiger partial charge on any atom is -0.493 e. The Morgan fingerprint density at radius 3 is 2.71 bits per heavy atom. The van der Waals surface area contributed by atoms with E-state index in [0.29, 0.717) is 5.92 Å². The zero-order valence-electron chi connectivity index (χ0n) is 13.7. The molecule has 0 atom stereocenters. The molecule has 0 bridgehead atoms. The quantitative estimate of drug-likeness (QED) is 0.701. The van der Waals surface area contributed by atoms with E-state index in [-0.39, 0.29) is 0 Å². The van der Waals surface area contributed by atoms with Gasteiger partial charge in [-0.1, -0.05) is 38.5 Å². The van der Waals surface area contributed by atoms with Gasteiger partial charge in [-0.05, 0) is 37.8 Å². The van der Waals surface area contributed by atoms with Crippen LogP contribution in [0.5, 0.6) is 5.75 Å². The minimum atomic E-state index is 0.430. The van der Waals surface area contributed by atoms with Crippen LogP contribution in [0, 0.1) is 6.92 Å². The van der Waals surface area contributed by atoms with Crippen molar-refractivity contribution in [1.82, 2.24) is 4.98 Å². The van der Waals surface area contributed by atoms with E-state index in [1.807, 2.05) is 0 Å². The predicted molar refractivity (Wildman–Crippen MR) is 93.0 cm³/mol. The molecule has 116 valence electrons. The van der Waals surface area contributed by atoms with Crippen LogP contribution in [0.15, 0.2) is 6.07 Å². The monoisotopic (exact) mass is 306 g/mol. The van der Waals surface area contributed by atoms with Crippen molar-refractivity contribution < 1.29 is 4.74 Å². The highest BCUT2D eigenvalue weighted by Gasteiger charge is 2.18. The van der Waals surface area contributed by atoms with Gasteiger partial charge < -0.3 is 10.1 Å². The van der Waals surface area contributed by atoms with Crippen LogP contribution in [0.25, 0.3) is 10.2 Å². The van der Waals surface area contributed by atoms with E-state index >= 15 is 0 Å². The number of unbranched alkanes of at least 4 members (excludes halogenated alkanes) is 1. The van der Waals surface area contributed by atoms with Gasteiger partial charge in [-0.15, -0.1) is 0 Å². The molecule has 1 heterocycles. The first-order valence-electron chi connectivity index (χ1n) is 7.89. The summed E-state index contributed by atoms with van der Waals surface area (Å²) in [5.74, 6) is 1.47. The average molecular weight is 306 g/mol. The summed E-state index contributed by atoms with van der Waals surface area (Å²) in [6, 6.07) is 2.16. The van der Waals surface area contributed by atoms with Crippen LogP contribution in [0.2, 0.25) is 0 Å². The van der Waals surface area contributed by atoms with Crippen molar-refractivity contribution in [2.75, 3.05) is 18.5 Å². The topological polar surface area (TPSA) is 34.1 Å². The molecule has 1 aromatic heterocycles. The summed E-state index contributed by atoms with van der Waals surface area (Å²) < 4.78 is 7.33. The predicted octanol–water partition coefficient (Wildman–Crippen LogP) is 5.34. The lowest BCUT2D eigenvalue weighted by Gasteiger charge is -2.16. The summed E-state index contributed by atoms with van der Waals surface area (Å²) in [6.45, 7) is 12.5. The van der Waals surface area contributed by atoms with Crippen LogP contribution in [-0.2, 0) is 0 Å². The van der Waals surface area contributed by atoms with Crippen molar-refractivity contribution in [2.24, 2.45) is 0 Å². The second-order valence-corrected chi connectivity index (χ2v) is 6.69. The Morgan fingerprint density at radius 1 is 1.33 bits per heavy atom. The molecule has 0 aliphatic rings. The summed E-state index contributed by atoms with van der Waals surface area (Å²) in [7, 11) is 0. The Labute approximate surface area is 131 Å². The Morgan fingerprint density at radius 2 is 2.10 bits per heavy atom. The van der Waals surface area contributed by atoms with Gasteiger partial charge in [-0.3, -0.25) is 0 Å². The van der Waals surface area contributed by atoms with Crippen molar-refractivity contribution in [1.29, 1.82) is 0 Å². The summed E-state index contributed by atoms with van der Waals surface area (Å²) in [6.07, 6.45) is 2.25. The Kier molecular flexibility index (Phi) is 5.45. The van der Waals surface area contributed by atoms with Crippen LogP contribution < -0.4 is 10.1 Å². The number of nitrogens with zero attached hydrogens (tertiary/aromatic N) is 1. The molecule has 2 aromatic rings. The molecular formula is C17H26N2OS. The summed E-state index contributed by atoms with van der Waals surface area (Å²) in [4.78, 5) is 4.73. The number of rotatable bonds is 7. The van der Waals surface area contributed by atoms with Crippen molar-refractivity contribution in [2.45, 2.75) is 53.4 Å². The highest BCUT2D eigenvalue weighted by molar-refractivity contribution is 7.22. The number of ether oxygens (including phenoxy) is 1. The van der Waals surface area contributed by atoms with Crippen LogP contribution >= 0.6 is 11.3 Å². The summed E-state index contributed by atoms with van der Waals surface area (Å²) >= 11 is 1.74. The molecule has 0 aliphatic heterocycles. The van der Waals surface area contributed by atoms with Gasteiger partial charge >= 0.3 is 0 Å². The third-order valence-electron chi connectivity index (χ3n) is 3.52. The Bertz CT molecular complexity index is 604. The van der Waals surface area contributed by atoms with E-state index in [0.717, 1.165) is 42.4 Å². The SMILES string of the molecule is CCCCOc1cc(C)c2nc(NCC)sc2c1C(C)C. The van der Waals surface area contributed by atoms with Crippen LogP contribution in [0.1, 0.15) is 57.6 Å². The smallest absolute Gasteiger partial charge is 0.183 e. The van der Waals surface area contributed by atoms with E-state index in [1.165, 1.54) is 15.8 Å². The molecule has 4 heteroatoms. The maximum atomic E-state index is 6.06. The highest BCUT2D eigenvalue weighted by atomic mass is 32.1. The number of hydrogen-bond donors (Lipinski definition) is 1. The molecule has 0 saturated carbocycles. The van der Waals surface area contributed by atoms with Crippen LogP contribution in [-0.4, -0.2) is 18.1 Å². The number of hydrogen-bond acceptors (Lipinski definition) is 4. The first kappa shape index (κ1) is 16.1. The molecule has 0 saturated heterocycles. The maximum Gasteiger partial charge on any atom is 0.183 e. The van der Waals surface area contributed by atoms with Gasteiger partial charge in [-0.25, -0.2) is 4.98 Å². The lowest BCUT2D eigenvalue weighted by Crippen LogP contribution is -2.02. The molecule has 0 amide bonds. The minimum absolute atomic E-state index is 0.430. The van der Waals surface area contributed by atoms with E-state index in [4.69, 9.17) is 9.72 Å². The first-order chi connectivity index (χ1) is 10.1. The summed E-state index contributed by atoms with van der Waals surface area (Å²) in [5.41, 5.74) is 3.61. The third kappa shape index (κ3) is 3.49. The molecule has 0 radical (unpaired) electrons. The van der Waals surface area contributed by atoms with Gasteiger partial charge in [-0.2, -0.15) is 0 Å². The van der Waals surface area contributed by atoms with Crippen molar-refractivity contribution in [3.05, 3.63) is 17.2 Å². The first-order valence-corrected chi connectivity index (χ1v) is 8.70. The van der Waals surface area contributed by atoms with Gasteiger partial charge in [0.05, 0.1) is 16.8 Å². The van der Waals surface area contributed by atoms with Crippen LogP contribution in [0.3, 0.4) is 0 Å². The van der Waals surface area contributed by atoms with E-state index in [9.17, 15) is 0 Å². The van der Waals surface area contributed by atoms with E-state index in [2.05, 4.69) is 46.0 Å². The van der Waals surface area contributed by atoms with E-state index < -0.39 is 0 Å². The fourth-order valence-corrected chi connectivity index (χ4v) is 3.74. The summed E-state index contributed by atoms with van der Waals surface area (Å²) in [5, 5.41) is 4.33. The van der Waals surface area contributed by atoms with Crippen molar-refractivity contribution in [3.8, 4) is 5.75 Å². The largest absolute Gasteiger partial charge is 0.493 e. The highest BCUT2D eigenvalue weighted by Crippen LogP contribution is 2.40. The molecular weight excluding hydrogens is 280 g/mol. The maximum absolute atomic E-state index is 6.06. The molecule has 2 rings (SSSR count). The van der Waals surface area contributed by atoms with E-state index in [1.54, 1.807) is 11.3 Å². The molecule has 1 N–H and O–H groups in total. The lowest BCUT2D eigenvalue weighted by molar-refractivity contribution is 0.305. The van der Waals surface area contributed by atoms with Crippen molar-refractivity contribution >= 4 is 26.7 Å². The second-order valence-electron chi connectivity index (χ2n) is 5.69. The molecule has 3 nitrogen and oxygen atoms in total. The Hall–Kier alpha value is -1.29. The van der Waals surface area contributed by atoms with Gasteiger partial charge in [0.15, 0.2) is 5.13 Å². The number of anilines is 1. The average Bonchev–Trinajstić information content (AvgIpc) is 2.83. The molecule has 1 aromatic carbocycles. The zero-order chi connectivity index (χ0) is 15.4. The zero-order valence-corrected chi connectivity index (χ0v) is 14.6. The third-order valence-corrected chi connectivity index (χ3v) is 4.57. The number of thiazole rings is 1. The molecule has 0 spiro atoms. The number of aromatic nitrogens is 1. The molecule has 21 heavy (non-hydrogen) atoms. The number of nitrogens with one attached hydrogen (secondary N) is 1. The van der Waals surface area contributed by atoms with Gasteiger partial charge in [0.1, 0.15) is 5.75 Å².